The van der Waals surface area contributed by atoms with Gasteiger partial charge in [-0.3, -0.25) is 4.79 Å². The Bertz CT molecular complexity index is 314. The van der Waals surface area contributed by atoms with E-state index in [0.29, 0.717) is 0 Å². The first-order valence-corrected chi connectivity index (χ1v) is 5.98. The third-order valence-corrected chi connectivity index (χ3v) is 3.43. The van der Waals surface area contributed by atoms with Crippen molar-refractivity contribution in [2.75, 3.05) is 7.05 Å². The summed E-state index contributed by atoms with van der Waals surface area (Å²) in [6, 6.07) is 1.90. The molecule has 2 N–H and O–H groups in total. The van der Waals surface area contributed by atoms with Crippen LogP contribution in [0.3, 0.4) is 0 Å². The Morgan fingerprint density at radius 3 is 2.93 bits per heavy atom. The molecule has 1 aromatic heterocycles. The zero-order valence-corrected chi connectivity index (χ0v) is 10.5. The fraction of sp³-hybridized carbons (Fsp3) is 0.444. The number of carbonyl (C=O) groups excluding carboxylic acids is 1. The molecule has 0 bridgehead atoms. The Kier molecular flexibility index (Phi) is 4.57. The van der Waals surface area contributed by atoms with Crippen LogP contribution in [0.25, 0.3) is 0 Å². The van der Waals surface area contributed by atoms with Gasteiger partial charge in [-0.05, 0) is 39.9 Å². The summed E-state index contributed by atoms with van der Waals surface area (Å²) < 4.78 is 1.11. The number of likely N-dealkylation sites (N-methyl/N-ethyl adjacent to an activating group) is 1. The summed E-state index contributed by atoms with van der Waals surface area (Å²) in [7, 11) is 1.64. The Morgan fingerprint density at radius 2 is 2.43 bits per heavy atom. The van der Waals surface area contributed by atoms with E-state index < -0.39 is 0 Å². The molecule has 1 heterocycles. The average molecular weight is 277 g/mol. The molecule has 0 fully saturated rings. The van der Waals surface area contributed by atoms with Crippen LogP contribution >= 0.6 is 27.3 Å². The molecule has 1 rings (SSSR count). The number of rotatable bonds is 4. The lowest BCUT2D eigenvalue weighted by molar-refractivity contribution is -0.122. The molecule has 0 spiro atoms. The number of nitrogens with one attached hydrogen (secondary N) is 2. The molecule has 3 nitrogen and oxygen atoms in total. The van der Waals surface area contributed by atoms with Gasteiger partial charge in [-0.1, -0.05) is 0 Å². The second-order valence-corrected chi connectivity index (χ2v) is 5.27. The minimum absolute atomic E-state index is 0.0132. The Labute approximate surface area is 96.0 Å². The maximum Gasteiger partial charge on any atom is 0.236 e. The Balaban J connectivity index is 2.37. The van der Waals surface area contributed by atoms with Crippen LogP contribution in [0.5, 0.6) is 0 Å². The molecule has 1 aromatic rings. The minimum atomic E-state index is -0.154. The predicted octanol–water partition coefficient (Wildman–Crippen LogP) is 1.73. The standard InChI is InChI=1S/C9H13BrN2OS/c1-6(9(13)11-2)12-4-7-3-8(10)14-5-7/h3,5-6,12H,4H2,1-2H3,(H,11,13). The monoisotopic (exact) mass is 276 g/mol. The summed E-state index contributed by atoms with van der Waals surface area (Å²) in [5.41, 5.74) is 1.19. The summed E-state index contributed by atoms with van der Waals surface area (Å²) in [6.45, 7) is 2.57. The van der Waals surface area contributed by atoms with Gasteiger partial charge in [0.2, 0.25) is 5.91 Å². The lowest BCUT2D eigenvalue weighted by atomic mass is 10.3. The van der Waals surface area contributed by atoms with Gasteiger partial charge in [0.1, 0.15) is 0 Å². The lowest BCUT2D eigenvalue weighted by Crippen LogP contribution is -2.40. The van der Waals surface area contributed by atoms with E-state index in [1.165, 1.54) is 5.56 Å². The van der Waals surface area contributed by atoms with E-state index in [1.807, 2.05) is 13.0 Å². The molecule has 14 heavy (non-hydrogen) atoms. The van der Waals surface area contributed by atoms with Crippen molar-refractivity contribution in [1.29, 1.82) is 0 Å². The second-order valence-electron chi connectivity index (χ2n) is 2.98. The van der Waals surface area contributed by atoms with Crippen molar-refractivity contribution in [1.82, 2.24) is 10.6 Å². The molecule has 5 heteroatoms. The van der Waals surface area contributed by atoms with Gasteiger partial charge < -0.3 is 10.6 Å². The van der Waals surface area contributed by atoms with E-state index in [1.54, 1.807) is 18.4 Å². The molecule has 0 aliphatic rings. The van der Waals surface area contributed by atoms with Gasteiger partial charge in [-0.15, -0.1) is 11.3 Å². The van der Waals surface area contributed by atoms with Crippen molar-refractivity contribution >= 4 is 33.2 Å². The summed E-state index contributed by atoms with van der Waals surface area (Å²) in [5, 5.41) is 7.80. The number of hydrogen-bond acceptors (Lipinski definition) is 3. The van der Waals surface area contributed by atoms with Gasteiger partial charge in [0, 0.05) is 13.6 Å². The van der Waals surface area contributed by atoms with Crippen LogP contribution in [0.4, 0.5) is 0 Å². The summed E-state index contributed by atoms with van der Waals surface area (Å²) >= 11 is 5.04. The van der Waals surface area contributed by atoms with Crippen LogP contribution in [-0.2, 0) is 11.3 Å². The van der Waals surface area contributed by atoms with Crippen LogP contribution < -0.4 is 10.6 Å². The number of amides is 1. The van der Waals surface area contributed by atoms with Crippen molar-refractivity contribution in [3.8, 4) is 0 Å². The van der Waals surface area contributed by atoms with Crippen LogP contribution in [0.1, 0.15) is 12.5 Å². The lowest BCUT2D eigenvalue weighted by Gasteiger charge is -2.10. The normalized spacial score (nSPS) is 12.5. The molecule has 0 saturated carbocycles. The molecule has 0 saturated heterocycles. The van der Waals surface area contributed by atoms with Crippen molar-refractivity contribution < 1.29 is 4.79 Å². The molecule has 1 amide bonds. The topological polar surface area (TPSA) is 41.1 Å². The minimum Gasteiger partial charge on any atom is -0.358 e. The average Bonchev–Trinajstić information content (AvgIpc) is 2.59. The van der Waals surface area contributed by atoms with Crippen LogP contribution in [0.15, 0.2) is 15.2 Å². The van der Waals surface area contributed by atoms with E-state index in [-0.39, 0.29) is 11.9 Å². The van der Waals surface area contributed by atoms with E-state index in [4.69, 9.17) is 0 Å². The number of hydrogen-bond donors (Lipinski definition) is 2. The van der Waals surface area contributed by atoms with E-state index in [9.17, 15) is 4.79 Å². The van der Waals surface area contributed by atoms with E-state index in [0.717, 1.165) is 10.3 Å². The second kappa shape index (κ2) is 5.48. The molecule has 0 aliphatic carbocycles. The number of thiophene rings is 1. The van der Waals surface area contributed by atoms with Gasteiger partial charge >= 0.3 is 0 Å². The van der Waals surface area contributed by atoms with Gasteiger partial charge in [-0.25, -0.2) is 0 Å². The van der Waals surface area contributed by atoms with Crippen molar-refractivity contribution in [3.63, 3.8) is 0 Å². The summed E-state index contributed by atoms with van der Waals surface area (Å²) in [6.07, 6.45) is 0. The van der Waals surface area contributed by atoms with Gasteiger partial charge in [0.05, 0.1) is 9.83 Å². The first-order valence-electron chi connectivity index (χ1n) is 4.31. The van der Waals surface area contributed by atoms with Crippen LogP contribution in [-0.4, -0.2) is 19.0 Å². The predicted molar refractivity (Wildman–Crippen MR) is 62.4 cm³/mol. The largest absolute Gasteiger partial charge is 0.358 e. The SMILES string of the molecule is CNC(=O)C(C)NCc1csc(Br)c1. The molecular formula is C9H13BrN2OS. The van der Waals surface area contributed by atoms with Gasteiger partial charge in [-0.2, -0.15) is 0 Å². The smallest absolute Gasteiger partial charge is 0.236 e. The fourth-order valence-corrected chi connectivity index (χ4v) is 2.23. The number of carbonyl (C=O) groups is 1. The quantitative estimate of drug-likeness (QED) is 0.880. The third kappa shape index (κ3) is 3.40. The maximum absolute atomic E-state index is 11.2. The highest BCUT2D eigenvalue weighted by molar-refractivity contribution is 9.11. The molecular weight excluding hydrogens is 264 g/mol. The highest BCUT2D eigenvalue weighted by atomic mass is 79.9. The zero-order chi connectivity index (χ0) is 10.6. The van der Waals surface area contributed by atoms with Crippen molar-refractivity contribution in [2.45, 2.75) is 19.5 Å². The van der Waals surface area contributed by atoms with Gasteiger partial charge in [0.25, 0.3) is 0 Å². The Hall–Kier alpha value is -0.390. The molecule has 78 valence electrons. The van der Waals surface area contributed by atoms with Crippen molar-refractivity contribution in [2.24, 2.45) is 0 Å². The van der Waals surface area contributed by atoms with Crippen LogP contribution in [0.2, 0.25) is 0 Å². The van der Waals surface area contributed by atoms with Crippen LogP contribution in [0, 0.1) is 0 Å². The van der Waals surface area contributed by atoms with Crippen molar-refractivity contribution in [3.05, 3.63) is 20.8 Å². The zero-order valence-electron chi connectivity index (χ0n) is 8.13. The van der Waals surface area contributed by atoms with Gasteiger partial charge in [0.15, 0.2) is 0 Å². The first-order chi connectivity index (χ1) is 6.63. The molecule has 0 aliphatic heterocycles. The molecule has 1 unspecified atom stereocenters. The summed E-state index contributed by atoms with van der Waals surface area (Å²) in [5.74, 6) is 0.0132. The first kappa shape index (κ1) is 11.7. The molecule has 0 aromatic carbocycles. The Morgan fingerprint density at radius 1 is 1.71 bits per heavy atom. The highest BCUT2D eigenvalue weighted by Gasteiger charge is 2.09. The third-order valence-electron chi connectivity index (χ3n) is 1.87. The van der Waals surface area contributed by atoms with E-state index in [2.05, 4.69) is 31.9 Å². The number of halogens is 1. The summed E-state index contributed by atoms with van der Waals surface area (Å²) in [4.78, 5) is 11.2. The maximum atomic E-state index is 11.2. The molecule has 1 atom stereocenters. The fourth-order valence-electron chi connectivity index (χ4n) is 1.02. The molecule has 0 radical (unpaired) electrons. The van der Waals surface area contributed by atoms with E-state index >= 15 is 0 Å². The highest BCUT2D eigenvalue weighted by Crippen LogP contribution is 2.20.